The lowest BCUT2D eigenvalue weighted by Crippen LogP contribution is -2.35. The van der Waals surface area contributed by atoms with Gasteiger partial charge in [-0.25, -0.2) is 8.42 Å². The Hall–Kier alpha value is -2.86. The van der Waals surface area contributed by atoms with Crippen LogP contribution in [0.4, 0.5) is 0 Å². The molecule has 156 valence electrons. The second-order valence-corrected chi connectivity index (χ2v) is 8.96. The first-order valence-corrected chi connectivity index (χ1v) is 11.1. The van der Waals surface area contributed by atoms with Crippen molar-refractivity contribution in [2.45, 2.75) is 11.4 Å². The molecule has 0 saturated heterocycles. The van der Waals surface area contributed by atoms with Crippen LogP contribution in [0.1, 0.15) is 5.56 Å². The monoisotopic (exact) mass is 446 g/mol. The van der Waals surface area contributed by atoms with E-state index < -0.39 is 22.2 Å². The molecule has 4 aromatic rings. The smallest absolute Gasteiger partial charge is 0.252 e. The zero-order chi connectivity index (χ0) is 21.3. The number of ether oxygens (including phenoxy) is 1. The van der Waals surface area contributed by atoms with Crippen LogP contribution in [0.15, 0.2) is 52.2 Å². The van der Waals surface area contributed by atoms with Crippen LogP contribution >= 0.6 is 11.7 Å². The van der Waals surface area contributed by atoms with Crippen LogP contribution in [0.25, 0.3) is 21.9 Å². The predicted molar refractivity (Wildman–Crippen MR) is 113 cm³/mol. The molecule has 0 unspecified atom stereocenters. The van der Waals surface area contributed by atoms with Gasteiger partial charge in [-0.1, -0.05) is 6.07 Å². The summed E-state index contributed by atoms with van der Waals surface area (Å²) < 4.78 is 41.1. The van der Waals surface area contributed by atoms with Crippen LogP contribution in [0, 0.1) is 0 Å². The molecule has 0 bridgehead atoms. The molecule has 30 heavy (non-hydrogen) atoms. The lowest BCUT2D eigenvalue weighted by atomic mass is 10.1. The third kappa shape index (κ3) is 3.67. The molecule has 4 rings (SSSR count). The van der Waals surface area contributed by atoms with Crippen molar-refractivity contribution < 1.29 is 18.3 Å². The van der Waals surface area contributed by atoms with Gasteiger partial charge >= 0.3 is 0 Å². The minimum Gasteiger partial charge on any atom is -0.497 e. The van der Waals surface area contributed by atoms with E-state index in [1.165, 1.54) is 13.2 Å². The third-order valence-electron chi connectivity index (χ3n) is 4.69. The van der Waals surface area contributed by atoms with E-state index in [2.05, 4.69) is 13.7 Å². The summed E-state index contributed by atoms with van der Waals surface area (Å²) in [6, 6.07) is 11.5. The van der Waals surface area contributed by atoms with E-state index in [1.807, 2.05) is 0 Å². The van der Waals surface area contributed by atoms with Gasteiger partial charge < -0.3 is 14.8 Å². The number of aromatic amines is 1. The van der Waals surface area contributed by atoms with E-state index >= 15 is 0 Å². The lowest BCUT2D eigenvalue weighted by Gasteiger charge is -2.21. The number of fused-ring (bicyclic) bond motifs is 2. The standard InChI is InChI=1S/C19H18N4O5S2/c1-28-14-5-6-15-12(10-14)9-13(19(25)20-15)11-23(7-8-24)30(26,27)17-4-2-3-16-18(17)22-29-21-16/h2-6,9-10,24H,7-8,11H2,1H3,(H,20,25). The largest absolute Gasteiger partial charge is 0.497 e. The van der Waals surface area contributed by atoms with Crippen molar-refractivity contribution >= 4 is 43.7 Å². The van der Waals surface area contributed by atoms with Gasteiger partial charge in [-0.05, 0) is 36.4 Å². The van der Waals surface area contributed by atoms with Crippen LogP contribution in [0.2, 0.25) is 0 Å². The second kappa shape index (κ2) is 8.11. The molecule has 0 aliphatic heterocycles. The number of methoxy groups -OCH3 is 1. The normalized spacial score (nSPS) is 12.1. The van der Waals surface area contributed by atoms with Gasteiger partial charge in [-0.15, -0.1) is 0 Å². The Kier molecular flexibility index (Phi) is 5.52. The van der Waals surface area contributed by atoms with Crippen molar-refractivity contribution in [2.24, 2.45) is 0 Å². The van der Waals surface area contributed by atoms with Gasteiger partial charge in [0.15, 0.2) is 0 Å². The number of benzene rings is 2. The maximum Gasteiger partial charge on any atom is 0.252 e. The van der Waals surface area contributed by atoms with Gasteiger partial charge in [-0.2, -0.15) is 13.1 Å². The summed E-state index contributed by atoms with van der Waals surface area (Å²) in [6.07, 6.45) is 0. The van der Waals surface area contributed by atoms with Gasteiger partial charge in [0, 0.05) is 29.6 Å². The molecule has 0 spiro atoms. The number of rotatable bonds is 7. The van der Waals surface area contributed by atoms with Crippen LogP contribution in [0.5, 0.6) is 5.75 Å². The minimum atomic E-state index is -4.04. The van der Waals surface area contributed by atoms with Crippen LogP contribution in [-0.2, 0) is 16.6 Å². The molecule has 0 atom stereocenters. The Balaban J connectivity index is 1.77. The number of H-pyrrole nitrogens is 1. The third-order valence-corrected chi connectivity index (χ3v) is 7.11. The number of sulfonamides is 1. The molecule has 0 aliphatic rings. The van der Waals surface area contributed by atoms with Crippen molar-refractivity contribution in [3.8, 4) is 5.75 Å². The summed E-state index contributed by atoms with van der Waals surface area (Å²) in [5, 5.41) is 10.2. The molecule has 0 amide bonds. The molecule has 0 aliphatic carbocycles. The van der Waals surface area contributed by atoms with Crippen molar-refractivity contribution in [1.29, 1.82) is 0 Å². The van der Waals surface area contributed by atoms with Gasteiger partial charge in [0.25, 0.3) is 5.56 Å². The van der Waals surface area contributed by atoms with E-state index in [9.17, 15) is 18.3 Å². The first-order valence-electron chi connectivity index (χ1n) is 8.96. The molecule has 11 heteroatoms. The fourth-order valence-corrected chi connectivity index (χ4v) is 5.35. The Bertz CT molecular complexity index is 1380. The van der Waals surface area contributed by atoms with Crippen molar-refractivity contribution in [2.75, 3.05) is 20.3 Å². The van der Waals surface area contributed by atoms with E-state index in [-0.39, 0.29) is 29.1 Å². The number of aliphatic hydroxyl groups is 1. The first kappa shape index (κ1) is 20.4. The van der Waals surface area contributed by atoms with E-state index in [0.29, 0.717) is 22.2 Å². The quantitative estimate of drug-likeness (QED) is 0.443. The Labute approximate surface area is 175 Å². The van der Waals surface area contributed by atoms with Crippen LogP contribution in [-0.4, -0.2) is 51.8 Å². The molecule has 0 radical (unpaired) electrons. The molecule has 2 heterocycles. The van der Waals surface area contributed by atoms with Gasteiger partial charge in [0.2, 0.25) is 10.0 Å². The fraction of sp³-hybridized carbons (Fsp3) is 0.211. The number of nitrogens with one attached hydrogen (secondary N) is 1. The maximum absolute atomic E-state index is 13.3. The SMILES string of the molecule is COc1ccc2[nH]c(=O)c(CN(CCO)S(=O)(=O)c3cccc4nsnc34)cc2c1. The Morgan fingerprint density at radius 3 is 2.80 bits per heavy atom. The Morgan fingerprint density at radius 1 is 1.20 bits per heavy atom. The number of aliphatic hydroxyl groups excluding tert-OH is 1. The van der Waals surface area contributed by atoms with Gasteiger partial charge in [0.05, 0.1) is 25.4 Å². The Morgan fingerprint density at radius 2 is 2.03 bits per heavy atom. The highest BCUT2D eigenvalue weighted by Gasteiger charge is 2.28. The summed E-state index contributed by atoms with van der Waals surface area (Å²) >= 11 is 0.920. The molecule has 2 aromatic heterocycles. The summed E-state index contributed by atoms with van der Waals surface area (Å²) in [7, 11) is -2.50. The molecule has 2 N–H and O–H groups in total. The highest BCUT2D eigenvalue weighted by Crippen LogP contribution is 2.26. The van der Waals surface area contributed by atoms with Crippen molar-refractivity contribution in [3.63, 3.8) is 0 Å². The minimum absolute atomic E-state index is 0.0129. The summed E-state index contributed by atoms with van der Waals surface area (Å²) in [5.74, 6) is 0.614. The second-order valence-electron chi connectivity index (χ2n) is 6.53. The molecule has 2 aromatic carbocycles. The predicted octanol–water partition coefficient (Wildman–Crippen LogP) is 1.72. The van der Waals surface area contributed by atoms with Gasteiger partial charge in [0.1, 0.15) is 21.7 Å². The van der Waals surface area contributed by atoms with E-state index in [0.717, 1.165) is 16.0 Å². The number of nitrogens with zero attached hydrogens (tertiary/aromatic N) is 3. The number of hydrogen-bond donors (Lipinski definition) is 2. The summed E-state index contributed by atoms with van der Waals surface area (Å²) in [5.41, 5.74) is 1.19. The van der Waals surface area contributed by atoms with Crippen LogP contribution < -0.4 is 10.3 Å². The van der Waals surface area contributed by atoms with Gasteiger partial charge in [-0.3, -0.25) is 4.79 Å². The van der Waals surface area contributed by atoms with E-state index in [4.69, 9.17) is 4.74 Å². The highest BCUT2D eigenvalue weighted by atomic mass is 32.2. The zero-order valence-corrected chi connectivity index (χ0v) is 17.5. The molecule has 0 fully saturated rings. The van der Waals surface area contributed by atoms with Crippen LogP contribution in [0.3, 0.4) is 0 Å². The fourth-order valence-electron chi connectivity index (χ4n) is 3.19. The van der Waals surface area contributed by atoms with Crippen molar-refractivity contribution in [1.82, 2.24) is 18.0 Å². The number of aromatic nitrogens is 3. The first-order chi connectivity index (χ1) is 14.4. The molecule has 9 nitrogen and oxygen atoms in total. The maximum atomic E-state index is 13.3. The highest BCUT2D eigenvalue weighted by molar-refractivity contribution is 7.89. The number of pyridine rings is 1. The zero-order valence-electron chi connectivity index (χ0n) is 15.9. The topological polar surface area (TPSA) is 125 Å². The molecular weight excluding hydrogens is 428 g/mol. The average Bonchev–Trinajstić information content (AvgIpc) is 3.22. The summed E-state index contributed by atoms with van der Waals surface area (Å²) in [6.45, 7) is -0.783. The summed E-state index contributed by atoms with van der Waals surface area (Å²) in [4.78, 5) is 15.3. The average molecular weight is 447 g/mol. The molecule has 0 saturated carbocycles. The number of hydrogen-bond acceptors (Lipinski definition) is 8. The van der Waals surface area contributed by atoms with Crippen molar-refractivity contribution in [3.05, 3.63) is 58.4 Å². The lowest BCUT2D eigenvalue weighted by molar-refractivity contribution is 0.251. The molecular formula is C19H18N4O5S2. The van der Waals surface area contributed by atoms with E-state index in [1.54, 1.807) is 36.4 Å².